The Hall–Kier alpha value is -3.03. The topological polar surface area (TPSA) is 93.9 Å². The molecular weight excluding hydrogens is 350 g/mol. The Balaban J connectivity index is 1.38. The lowest BCUT2D eigenvalue weighted by Crippen LogP contribution is -2.29. The van der Waals surface area contributed by atoms with E-state index in [1.54, 1.807) is 13.0 Å². The molecule has 2 heterocycles. The number of amides is 1. The van der Waals surface area contributed by atoms with Crippen molar-refractivity contribution in [2.45, 2.75) is 26.2 Å². The summed E-state index contributed by atoms with van der Waals surface area (Å²) in [4.78, 5) is 25.9. The van der Waals surface area contributed by atoms with Gasteiger partial charge < -0.3 is 24.2 Å². The molecule has 1 fully saturated rings. The van der Waals surface area contributed by atoms with Gasteiger partial charge in [-0.3, -0.25) is 4.79 Å². The molecule has 144 valence electrons. The van der Waals surface area contributed by atoms with E-state index < -0.39 is 11.9 Å². The number of nitrogens with zero attached hydrogens (tertiary/aromatic N) is 2. The van der Waals surface area contributed by atoms with Crippen molar-refractivity contribution in [3.63, 3.8) is 0 Å². The standard InChI is InChI=1S/C19H23N3O5/c1-14-11-18(21-27-14)25-13-19(24)26-12-17(23)20-15-5-7-16(8-6-15)22-9-3-2-4-10-22/h5-8,11H,2-4,9-10,12-13H2,1H3,(H,20,23). The van der Waals surface area contributed by atoms with Gasteiger partial charge in [0.2, 0.25) is 0 Å². The molecule has 0 aliphatic carbocycles. The third-order valence-corrected chi connectivity index (χ3v) is 4.18. The van der Waals surface area contributed by atoms with E-state index in [9.17, 15) is 9.59 Å². The zero-order valence-electron chi connectivity index (χ0n) is 15.3. The Kier molecular flexibility index (Phi) is 6.30. The average molecular weight is 373 g/mol. The molecule has 8 nitrogen and oxygen atoms in total. The van der Waals surface area contributed by atoms with E-state index in [-0.39, 0.29) is 19.1 Å². The molecule has 2 aromatic rings. The first-order valence-corrected chi connectivity index (χ1v) is 8.97. The normalized spacial score (nSPS) is 13.9. The zero-order valence-corrected chi connectivity index (χ0v) is 15.3. The van der Waals surface area contributed by atoms with Gasteiger partial charge in [0.15, 0.2) is 13.2 Å². The molecule has 27 heavy (non-hydrogen) atoms. The number of rotatable bonds is 7. The van der Waals surface area contributed by atoms with E-state index in [4.69, 9.17) is 14.0 Å². The number of esters is 1. The van der Waals surface area contributed by atoms with Crippen molar-refractivity contribution in [2.75, 3.05) is 36.5 Å². The third-order valence-electron chi connectivity index (χ3n) is 4.18. The Morgan fingerprint density at radius 1 is 1.15 bits per heavy atom. The molecule has 8 heteroatoms. The van der Waals surface area contributed by atoms with E-state index in [2.05, 4.69) is 15.4 Å². The fraction of sp³-hybridized carbons (Fsp3) is 0.421. The number of anilines is 2. The van der Waals surface area contributed by atoms with Gasteiger partial charge in [-0.1, -0.05) is 0 Å². The quantitative estimate of drug-likeness (QED) is 0.745. The van der Waals surface area contributed by atoms with E-state index in [0.717, 1.165) is 18.8 Å². The minimum atomic E-state index is -0.661. The summed E-state index contributed by atoms with van der Waals surface area (Å²) in [5.41, 5.74) is 1.81. The van der Waals surface area contributed by atoms with Crippen molar-refractivity contribution in [3.05, 3.63) is 36.1 Å². The van der Waals surface area contributed by atoms with Crippen LogP contribution in [0.25, 0.3) is 0 Å². The molecule has 3 rings (SSSR count). The Morgan fingerprint density at radius 2 is 1.89 bits per heavy atom. The van der Waals surface area contributed by atoms with Gasteiger partial charge in [-0.2, -0.15) is 0 Å². The second-order valence-electron chi connectivity index (χ2n) is 6.37. The number of hydrogen-bond donors (Lipinski definition) is 1. The lowest BCUT2D eigenvalue weighted by molar-refractivity contribution is -0.149. The Bertz CT molecular complexity index is 766. The predicted molar refractivity (Wildman–Crippen MR) is 98.8 cm³/mol. The number of hydrogen-bond acceptors (Lipinski definition) is 7. The van der Waals surface area contributed by atoms with Crippen molar-refractivity contribution in [3.8, 4) is 5.88 Å². The number of aryl methyl sites for hydroxylation is 1. The second-order valence-corrected chi connectivity index (χ2v) is 6.37. The summed E-state index contributed by atoms with van der Waals surface area (Å²) < 4.78 is 14.8. The highest BCUT2D eigenvalue weighted by molar-refractivity contribution is 5.93. The summed E-state index contributed by atoms with van der Waals surface area (Å²) in [6.07, 6.45) is 3.71. The van der Waals surface area contributed by atoms with Crippen LogP contribution in [0, 0.1) is 6.92 Å². The van der Waals surface area contributed by atoms with Gasteiger partial charge in [-0.15, -0.1) is 0 Å². The number of ether oxygens (including phenoxy) is 2. The lowest BCUT2D eigenvalue weighted by atomic mass is 10.1. The molecule has 0 unspecified atom stereocenters. The van der Waals surface area contributed by atoms with Crippen LogP contribution in [0.15, 0.2) is 34.9 Å². The van der Waals surface area contributed by atoms with Crippen LogP contribution in [0.4, 0.5) is 11.4 Å². The molecule has 0 radical (unpaired) electrons. The molecule has 0 spiro atoms. The molecule has 0 bridgehead atoms. The van der Waals surface area contributed by atoms with E-state index >= 15 is 0 Å². The molecule has 1 aromatic heterocycles. The molecule has 0 atom stereocenters. The van der Waals surface area contributed by atoms with Gasteiger partial charge >= 0.3 is 5.97 Å². The fourth-order valence-electron chi connectivity index (χ4n) is 2.84. The monoisotopic (exact) mass is 373 g/mol. The maximum Gasteiger partial charge on any atom is 0.344 e. The molecule has 1 N–H and O–H groups in total. The van der Waals surface area contributed by atoms with E-state index in [0.29, 0.717) is 11.4 Å². The SMILES string of the molecule is Cc1cc(OCC(=O)OCC(=O)Nc2ccc(N3CCCCC3)cc2)no1. The van der Waals surface area contributed by atoms with E-state index in [1.807, 2.05) is 24.3 Å². The molecular formula is C19H23N3O5. The smallest absolute Gasteiger partial charge is 0.344 e. The van der Waals surface area contributed by atoms with Crippen molar-refractivity contribution >= 4 is 23.3 Å². The fourth-order valence-corrected chi connectivity index (χ4v) is 2.84. The molecule has 1 saturated heterocycles. The van der Waals surface area contributed by atoms with Gasteiger partial charge in [-0.05, 0) is 55.6 Å². The maximum atomic E-state index is 11.9. The van der Waals surface area contributed by atoms with Crippen molar-refractivity contribution in [2.24, 2.45) is 0 Å². The lowest BCUT2D eigenvalue weighted by Gasteiger charge is -2.28. The minimum absolute atomic E-state index is 0.197. The Morgan fingerprint density at radius 3 is 2.56 bits per heavy atom. The molecule has 1 aliphatic heterocycles. The molecule has 1 aliphatic rings. The highest BCUT2D eigenvalue weighted by Gasteiger charge is 2.12. The molecule has 1 aromatic carbocycles. The van der Waals surface area contributed by atoms with Crippen molar-refractivity contribution in [1.82, 2.24) is 5.16 Å². The number of benzene rings is 1. The van der Waals surface area contributed by atoms with Gasteiger partial charge in [-0.25, -0.2) is 4.79 Å². The first-order chi connectivity index (χ1) is 13.1. The summed E-state index contributed by atoms with van der Waals surface area (Å²) in [7, 11) is 0. The summed E-state index contributed by atoms with van der Waals surface area (Å²) in [5, 5.41) is 6.29. The van der Waals surface area contributed by atoms with Crippen LogP contribution in [-0.4, -0.2) is 43.3 Å². The van der Waals surface area contributed by atoms with Crippen molar-refractivity contribution < 1.29 is 23.6 Å². The summed E-state index contributed by atoms with van der Waals surface area (Å²) >= 11 is 0. The minimum Gasteiger partial charge on any atom is -0.463 e. The third kappa shape index (κ3) is 5.73. The van der Waals surface area contributed by atoms with Crippen LogP contribution in [0.2, 0.25) is 0 Å². The van der Waals surface area contributed by atoms with Gasteiger partial charge in [0.25, 0.3) is 11.8 Å². The highest BCUT2D eigenvalue weighted by atomic mass is 16.6. The van der Waals surface area contributed by atoms with Gasteiger partial charge in [0, 0.05) is 30.5 Å². The molecule has 1 amide bonds. The van der Waals surface area contributed by atoms with Crippen LogP contribution in [0.5, 0.6) is 5.88 Å². The first kappa shape index (κ1) is 18.8. The largest absolute Gasteiger partial charge is 0.463 e. The van der Waals surface area contributed by atoms with Crippen molar-refractivity contribution in [1.29, 1.82) is 0 Å². The number of carbonyl (C=O) groups excluding carboxylic acids is 2. The predicted octanol–water partition coefficient (Wildman–Crippen LogP) is 2.53. The van der Waals surface area contributed by atoms with Crippen LogP contribution in [0.1, 0.15) is 25.0 Å². The Labute approximate surface area is 157 Å². The number of nitrogens with one attached hydrogen (secondary N) is 1. The van der Waals surface area contributed by atoms with Gasteiger partial charge in [0.05, 0.1) is 0 Å². The number of piperidine rings is 1. The average Bonchev–Trinajstić information content (AvgIpc) is 3.11. The summed E-state index contributed by atoms with van der Waals surface area (Å²) in [6.45, 7) is 3.12. The first-order valence-electron chi connectivity index (χ1n) is 8.97. The van der Waals surface area contributed by atoms with Crippen LogP contribution in [-0.2, 0) is 14.3 Å². The van der Waals surface area contributed by atoms with Gasteiger partial charge in [0.1, 0.15) is 5.76 Å². The summed E-state index contributed by atoms with van der Waals surface area (Å²) in [6, 6.07) is 9.22. The number of carbonyl (C=O) groups is 2. The second kappa shape index (κ2) is 9.07. The highest BCUT2D eigenvalue weighted by Crippen LogP contribution is 2.21. The van der Waals surface area contributed by atoms with E-state index in [1.165, 1.54) is 19.3 Å². The maximum absolute atomic E-state index is 11.9. The molecule has 0 saturated carbocycles. The summed E-state index contributed by atoms with van der Waals surface area (Å²) in [5.74, 6) is -0.302. The zero-order chi connectivity index (χ0) is 19.1. The van der Waals surface area contributed by atoms with Crippen LogP contribution < -0.4 is 15.0 Å². The van der Waals surface area contributed by atoms with Crippen LogP contribution >= 0.6 is 0 Å². The number of aromatic nitrogens is 1. The van der Waals surface area contributed by atoms with Crippen LogP contribution in [0.3, 0.4) is 0 Å².